The zero-order chi connectivity index (χ0) is 15.8. The molecule has 21 heavy (non-hydrogen) atoms. The van der Waals surface area contributed by atoms with Gasteiger partial charge in [0.05, 0.1) is 16.1 Å². The number of thiophene rings is 1. The van der Waals surface area contributed by atoms with Crippen LogP contribution in [-0.2, 0) is 9.31 Å². The lowest BCUT2D eigenvalue weighted by atomic mass is 9.77. The molecule has 2 N–H and O–H groups in total. The third-order valence-corrected chi connectivity index (χ3v) is 5.16. The first-order valence-electron chi connectivity index (χ1n) is 7.02. The van der Waals surface area contributed by atoms with Gasteiger partial charge in [0.2, 0.25) is 0 Å². The number of hydrogen-bond acceptors (Lipinski definition) is 5. The first-order valence-corrected chi connectivity index (χ1v) is 7.90. The molecule has 6 heteroatoms. The molecule has 1 fully saturated rings. The highest BCUT2D eigenvalue weighted by Gasteiger charge is 2.52. The summed E-state index contributed by atoms with van der Waals surface area (Å²) in [4.78, 5) is 12.1. The van der Waals surface area contributed by atoms with Crippen LogP contribution in [0.15, 0.2) is 16.9 Å². The van der Waals surface area contributed by atoms with Gasteiger partial charge in [0.1, 0.15) is 0 Å². The monoisotopic (exact) mass is 307 g/mol. The molecule has 1 saturated heterocycles. The summed E-state index contributed by atoms with van der Waals surface area (Å²) in [5.41, 5.74) is 6.92. The van der Waals surface area contributed by atoms with Crippen LogP contribution in [0.1, 0.15) is 49.9 Å². The second-order valence-corrected chi connectivity index (χ2v) is 7.22. The fourth-order valence-corrected chi connectivity index (χ4v) is 2.81. The van der Waals surface area contributed by atoms with Crippen molar-refractivity contribution in [1.82, 2.24) is 0 Å². The Bertz CT molecular complexity index is 561. The second-order valence-electron chi connectivity index (χ2n) is 6.31. The van der Waals surface area contributed by atoms with Crippen LogP contribution in [0.3, 0.4) is 0 Å². The number of Topliss-reactive ketones (excluding diaryl/α,β-unsaturated/α-hetero) is 1. The summed E-state index contributed by atoms with van der Waals surface area (Å²) in [6, 6.07) is 1.87. The van der Waals surface area contributed by atoms with Gasteiger partial charge in [0.15, 0.2) is 5.78 Å². The highest BCUT2D eigenvalue weighted by Crippen LogP contribution is 2.38. The summed E-state index contributed by atoms with van der Waals surface area (Å²) < 4.78 is 12.0. The number of nitrogens with two attached hydrogens (primary N) is 1. The molecule has 0 bridgehead atoms. The predicted octanol–water partition coefficient (Wildman–Crippen LogP) is 2.92. The highest BCUT2D eigenvalue weighted by molar-refractivity contribution is 7.12. The van der Waals surface area contributed by atoms with Crippen molar-refractivity contribution in [3.63, 3.8) is 0 Å². The lowest BCUT2D eigenvalue weighted by Gasteiger charge is -2.32. The van der Waals surface area contributed by atoms with Gasteiger partial charge in [-0.05, 0) is 57.1 Å². The van der Waals surface area contributed by atoms with E-state index < -0.39 is 7.12 Å². The van der Waals surface area contributed by atoms with Crippen LogP contribution in [0.2, 0.25) is 0 Å². The van der Waals surface area contributed by atoms with Gasteiger partial charge in [-0.2, -0.15) is 0 Å². The molecule has 4 nitrogen and oxygen atoms in total. The van der Waals surface area contributed by atoms with E-state index in [2.05, 4.69) is 0 Å². The Labute approximate surface area is 130 Å². The minimum Gasteiger partial charge on any atom is -0.400 e. The fourth-order valence-electron chi connectivity index (χ4n) is 2.04. The van der Waals surface area contributed by atoms with E-state index in [9.17, 15) is 4.79 Å². The second kappa shape index (κ2) is 5.68. The van der Waals surface area contributed by atoms with Crippen LogP contribution in [0.25, 0.3) is 6.08 Å². The highest BCUT2D eigenvalue weighted by atomic mass is 32.1. The summed E-state index contributed by atoms with van der Waals surface area (Å²) >= 11 is 1.44. The van der Waals surface area contributed by atoms with Gasteiger partial charge < -0.3 is 15.0 Å². The summed E-state index contributed by atoms with van der Waals surface area (Å²) in [6.45, 7) is 9.97. The molecule has 1 aromatic heterocycles. The molecule has 2 heterocycles. The fraction of sp³-hybridized carbons (Fsp3) is 0.533. The Hall–Kier alpha value is -0.945. The van der Waals surface area contributed by atoms with E-state index in [1.165, 1.54) is 11.3 Å². The molecule has 0 amide bonds. The molecule has 114 valence electrons. The molecular weight excluding hydrogens is 285 g/mol. The Morgan fingerprint density at radius 1 is 1.33 bits per heavy atom. The average Bonchev–Trinajstić information content (AvgIpc) is 2.90. The molecule has 0 radical (unpaired) electrons. The molecule has 1 aliphatic rings. The maximum Gasteiger partial charge on any atom is 0.491 e. The van der Waals surface area contributed by atoms with Gasteiger partial charge in [0, 0.05) is 6.54 Å². The summed E-state index contributed by atoms with van der Waals surface area (Å²) in [6.07, 6.45) is 1.95. The van der Waals surface area contributed by atoms with Crippen LogP contribution in [0.4, 0.5) is 0 Å². The van der Waals surface area contributed by atoms with Crippen LogP contribution >= 0.6 is 11.3 Å². The van der Waals surface area contributed by atoms with E-state index in [-0.39, 0.29) is 17.0 Å². The Kier molecular flexibility index (Phi) is 4.45. The van der Waals surface area contributed by atoms with Crippen molar-refractivity contribution in [2.45, 2.75) is 45.8 Å². The van der Waals surface area contributed by atoms with Gasteiger partial charge in [-0.15, -0.1) is 11.3 Å². The van der Waals surface area contributed by atoms with Crippen molar-refractivity contribution in [2.75, 3.05) is 6.54 Å². The van der Waals surface area contributed by atoms with Crippen LogP contribution in [-0.4, -0.2) is 30.6 Å². The van der Waals surface area contributed by atoms with Gasteiger partial charge in [0.25, 0.3) is 0 Å². The quantitative estimate of drug-likeness (QED) is 0.686. The maximum absolute atomic E-state index is 11.4. The molecule has 2 rings (SSSR count). The van der Waals surface area contributed by atoms with Gasteiger partial charge in [-0.25, -0.2) is 0 Å². The van der Waals surface area contributed by atoms with Crippen molar-refractivity contribution in [1.29, 1.82) is 0 Å². The minimum absolute atomic E-state index is 0.0737. The van der Waals surface area contributed by atoms with Crippen LogP contribution in [0, 0.1) is 0 Å². The molecule has 0 aromatic carbocycles. The largest absolute Gasteiger partial charge is 0.491 e. The van der Waals surface area contributed by atoms with E-state index in [4.69, 9.17) is 15.0 Å². The molecule has 0 atom stereocenters. The van der Waals surface area contributed by atoms with Gasteiger partial charge in [-0.1, -0.05) is 6.08 Å². The minimum atomic E-state index is -0.444. The van der Waals surface area contributed by atoms with E-state index >= 15 is 0 Å². The number of rotatable bonds is 4. The third-order valence-electron chi connectivity index (χ3n) is 4.11. The number of carbonyl (C=O) groups excluding carboxylic acids is 1. The van der Waals surface area contributed by atoms with E-state index in [0.29, 0.717) is 6.54 Å². The summed E-state index contributed by atoms with van der Waals surface area (Å²) in [7, 11) is -0.444. The average molecular weight is 307 g/mol. The zero-order valence-electron chi connectivity index (χ0n) is 13.2. The van der Waals surface area contributed by atoms with Gasteiger partial charge >= 0.3 is 7.12 Å². The summed E-state index contributed by atoms with van der Waals surface area (Å²) in [5, 5.41) is 1.94. The first kappa shape index (κ1) is 16.4. The van der Waals surface area contributed by atoms with Crippen molar-refractivity contribution >= 4 is 30.3 Å². The molecular formula is C15H22BNO3S. The van der Waals surface area contributed by atoms with Crippen LogP contribution < -0.4 is 5.73 Å². The zero-order valence-corrected chi connectivity index (χ0v) is 14.0. The molecule has 0 unspecified atom stereocenters. The van der Waals surface area contributed by atoms with Gasteiger partial charge in [-0.3, -0.25) is 4.79 Å². The van der Waals surface area contributed by atoms with Crippen molar-refractivity contribution < 1.29 is 14.1 Å². The van der Waals surface area contributed by atoms with Crippen molar-refractivity contribution in [3.05, 3.63) is 27.4 Å². The Balaban J connectivity index is 2.24. The first-order chi connectivity index (χ1) is 9.66. The van der Waals surface area contributed by atoms with Crippen molar-refractivity contribution in [3.8, 4) is 0 Å². The van der Waals surface area contributed by atoms with Crippen LogP contribution in [0.5, 0.6) is 0 Å². The Morgan fingerprint density at radius 3 is 2.33 bits per heavy atom. The molecule has 1 aliphatic heterocycles. The van der Waals surface area contributed by atoms with E-state index in [1.54, 1.807) is 6.92 Å². The standard InChI is InChI=1S/C15H22BNO3S/c1-10(18)13-7-11(9-21-13)6-12(8-17)16-19-14(2,3)15(4,5)20-16/h6-7,9H,8,17H2,1-5H3. The van der Waals surface area contributed by atoms with Crippen molar-refractivity contribution in [2.24, 2.45) is 5.73 Å². The molecule has 0 aliphatic carbocycles. The maximum atomic E-state index is 11.4. The number of ketones is 1. The summed E-state index contributed by atoms with van der Waals surface area (Å²) in [5.74, 6) is 0.0737. The SMILES string of the molecule is CC(=O)c1cc(C=C(CN)B2OC(C)(C)C(C)(C)O2)cs1. The van der Waals surface area contributed by atoms with E-state index in [0.717, 1.165) is 15.9 Å². The topological polar surface area (TPSA) is 61.6 Å². The lowest BCUT2D eigenvalue weighted by molar-refractivity contribution is 0.00578. The lowest BCUT2D eigenvalue weighted by Crippen LogP contribution is -2.41. The predicted molar refractivity (Wildman–Crippen MR) is 87.4 cm³/mol. The smallest absolute Gasteiger partial charge is 0.400 e. The normalized spacial score (nSPS) is 20.9. The van der Waals surface area contributed by atoms with E-state index in [1.807, 2.05) is 45.2 Å². The molecule has 1 aromatic rings. The molecule has 0 spiro atoms. The Morgan fingerprint density at radius 2 is 1.90 bits per heavy atom. The third kappa shape index (κ3) is 3.29. The number of carbonyl (C=O) groups is 1. The number of hydrogen-bond donors (Lipinski definition) is 1. The molecule has 0 saturated carbocycles.